The van der Waals surface area contributed by atoms with Gasteiger partial charge in [-0.25, -0.2) is 4.79 Å². The van der Waals surface area contributed by atoms with Crippen molar-refractivity contribution in [2.45, 2.75) is 6.18 Å². The van der Waals surface area contributed by atoms with E-state index in [9.17, 15) is 18.0 Å². The van der Waals surface area contributed by atoms with Gasteiger partial charge in [-0.2, -0.15) is 13.2 Å². The van der Waals surface area contributed by atoms with E-state index in [1.54, 1.807) is 0 Å². The van der Waals surface area contributed by atoms with Crippen molar-refractivity contribution in [3.63, 3.8) is 0 Å². The zero-order valence-corrected chi connectivity index (χ0v) is 11.3. The van der Waals surface area contributed by atoms with E-state index in [0.717, 1.165) is 12.1 Å². The summed E-state index contributed by atoms with van der Waals surface area (Å²) in [6.45, 7) is 0. The lowest BCUT2D eigenvalue weighted by atomic mass is 10.1. The van der Waals surface area contributed by atoms with Crippen LogP contribution in [0.1, 0.15) is 5.56 Å². The van der Waals surface area contributed by atoms with Gasteiger partial charge in [0, 0.05) is 0 Å². The minimum Gasteiger partial charge on any atom is -0.307 e. The van der Waals surface area contributed by atoms with E-state index in [0.29, 0.717) is 0 Å². The molecule has 0 spiro atoms. The molecular formula is C10H6Cl3F3N2O. The second-order valence-corrected chi connectivity index (χ2v) is 4.52. The molecule has 104 valence electrons. The standard InChI is InChI=1S/C10H6Cl3F3N2O/c11-7(12)8(13)18-9(19)17-6-4-2-1-3-5(6)10(14,15)16/h1-4H,(H2,17,18,19). The molecule has 0 aliphatic carbocycles. The molecule has 1 aromatic rings. The van der Waals surface area contributed by atoms with Gasteiger partial charge in [0.25, 0.3) is 0 Å². The highest BCUT2D eigenvalue weighted by molar-refractivity contribution is 6.59. The molecule has 0 heterocycles. The number of halogens is 6. The fourth-order valence-electron chi connectivity index (χ4n) is 1.14. The fourth-order valence-corrected chi connectivity index (χ4v) is 1.32. The van der Waals surface area contributed by atoms with Crippen LogP contribution in [0.25, 0.3) is 0 Å². The number of carbonyl (C=O) groups excluding carboxylic acids is 1. The number of rotatable bonds is 2. The summed E-state index contributed by atoms with van der Waals surface area (Å²) in [5, 5.41) is 3.57. The average Bonchev–Trinajstić information content (AvgIpc) is 2.27. The summed E-state index contributed by atoms with van der Waals surface area (Å²) in [6.07, 6.45) is -4.59. The molecule has 0 aliphatic rings. The number of urea groups is 1. The molecule has 3 nitrogen and oxygen atoms in total. The summed E-state index contributed by atoms with van der Waals surface area (Å²) in [5.74, 6) is 0. The Bertz CT molecular complexity index is 513. The van der Waals surface area contributed by atoms with Crippen molar-refractivity contribution in [2.24, 2.45) is 0 Å². The highest BCUT2D eigenvalue weighted by Crippen LogP contribution is 2.34. The van der Waals surface area contributed by atoms with E-state index in [-0.39, 0.29) is 0 Å². The van der Waals surface area contributed by atoms with E-state index in [4.69, 9.17) is 34.8 Å². The molecule has 2 amide bonds. The fraction of sp³-hybridized carbons (Fsp3) is 0.100. The molecule has 1 rings (SSSR count). The number of para-hydroxylation sites is 1. The Hall–Kier alpha value is -1.11. The number of hydrogen-bond donors (Lipinski definition) is 2. The summed E-state index contributed by atoms with van der Waals surface area (Å²) in [5.41, 5.74) is -1.40. The third kappa shape index (κ3) is 4.81. The van der Waals surface area contributed by atoms with E-state index in [1.165, 1.54) is 12.1 Å². The number of amides is 2. The lowest BCUT2D eigenvalue weighted by Crippen LogP contribution is -2.27. The van der Waals surface area contributed by atoms with E-state index < -0.39 is 33.1 Å². The van der Waals surface area contributed by atoms with Crippen molar-refractivity contribution < 1.29 is 18.0 Å². The van der Waals surface area contributed by atoms with Gasteiger partial charge in [0.15, 0.2) is 0 Å². The largest absolute Gasteiger partial charge is 0.418 e. The molecule has 9 heteroatoms. The molecule has 2 N–H and O–H groups in total. The summed E-state index contributed by atoms with van der Waals surface area (Å²) < 4.78 is 37.5. The van der Waals surface area contributed by atoms with Crippen LogP contribution in [0.2, 0.25) is 0 Å². The molecule has 0 aromatic heterocycles. The molecule has 0 radical (unpaired) electrons. The SMILES string of the molecule is O=C(NC(Cl)=C(Cl)Cl)Nc1ccccc1C(F)(F)F. The molecule has 1 aromatic carbocycles. The maximum absolute atomic E-state index is 12.6. The maximum Gasteiger partial charge on any atom is 0.418 e. The zero-order valence-electron chi connectivity index (χ0n) is 8.99. The van der Waals surface area contributed by atoms with E-state index in [1.807, 2.05) is 10.6 Å². The number of hydrogen-bond acceptors (Lipinski definition) is 1. The Morgan fingerprint density at radius 2 is 1.68 bits per heavy atom. The normalized spacial score (nSPS) is 10.8. The van der Waals surface area contributed by atoms with Crippen LogP contribution >= 0.6 is 34.8 Å². The Labute approximate surface area is 121 Å². The molecule has 0 bridgehead atoms. The quantitative estimate of drug-likeness (QED) is 0.759. The first-order valence-electron chi connectivity index (χ1n) is 4.67. The van der Waals surface area contributed by atoms with Crippen LogP contribution in [-0.4, -0.2) is 6.03 Å². The summed E-state index contributed by atoms with van der Waals surface area (Å²) >= 11 is 16.0. The minimum absolute atomic E-state index is 0.398. The van der Waals surface area contributed by atoms with Gasteiger partial charge in [0.1, 0.15) is 9.65 Å². The van der Waals surface area contributed by atoms with Crippen LogP contribution < -0.4 is 10.6 Å². The van der Waals surface area contributed by atoms with E-state index >= 15 is 0 Å². The van der Waals surface area contributed by atoms with Crippen LogP contribution in [0.5, 0.6) is 0 Å². The topological polar surface area (TPSA) is 41.1 Å². The van der Waals surface area contributed by atoms with Crippen LogP contribution in [0.4, 0.5) is 23.7 Å². The number of anilines is 1. The number of carbonyl (C=O) groups is 1. The predicted octanol–water partition coefficient (Wildman–Crippen LogP) is 4.67. The van der Waals surface area contributed by atoms with Gasteiger partial charge < -0.3 is 5.32 Å². The molecule has 0 saturated carbocycles. The molecule has 0 aliphatic heterocycles. The number of nitrogens with one attached hydrogen (secondary N) is 2. The van der Waals surface area contributed by atoms with Crippen LogP contribution in [0, 0.1) is 0 Å². The van der Waals surface area contributed by atoms with Gasteiger partial charge in [0.05, 0.1) is 11.3 Å². The highest BCUT2D eigenvalue weighted by atomic mass is 35.5. The van der Waals surface area contributed by atoms with Crippen molar-refractivity contribution in [3.8, 4) is 0 Å². The van der Waals surface area contributed by atoms with Crippen molar-refractivity contribution >= 4 is 46.5 Å². The highest BCUT2D eigenvalue weighted by Gasteiger charge is 2.33. The van der Waals surface area contributed by atoms with Crippen LogP contribution in [0.3, 0.4) is 0 Å². The Morgan fingerprint density at radius 1 is 1.11 bits per heavy atom. The molecule has 0 fully saturated rings. The average molecular weight is 334 g/mol. The van der Waals surface area contributed by atoms with Crippen LogP contribution in [0.15, 0.2) is 33.9 Å². The van der Waals surface area contributed by atoms with Gasteiger partial charge in [-0.15, -0.1) is 0 Å². The first kappa shape index (κ1) is 15.9. The smallest absolute Gasteiger partial charge is 0.307 e. The first-order valence-corrected chi connectivity index (χ1v) is 5.80. The minimum atomic E-state index is -4.59. The van der Waals surface area contributed by atoms with E-state index in [2.05, 4.69) is 0 Å². The van der Waals surface area contributed by atoms with Gasteiger partial charge >= 0.3 is 12.2 Å². The van der Waals surface area contributed by atoms with Crippen LogP contribution in [-0.2, 0) is 6.18 Å². The lowest BCUT2D eigenvalue weighted by molar-refractivity contribution is -0.136. The van der Waals surface area contributed by atoms with Crippen molar-refractivity contribution in [2.75, 3.05) is 5.32 Å². The van der Waals surface area contributed by atoms with Crippen molar-refractivity contribution in [1.29, 1.82) is 0 Å². The second-order valence-electron chi connectivity index (χ2n) is 3.20. The van der Waals surface area contributed by atoms with Crippen molar-refractivity contribution in [1.82, 2.24) is 5.32 Å². The Balaban J connectivity index is 2.90. The maximum atomic E-state index is 12.6. The lowest BCUT2D eigenvalue weighted by Gasteiger charge is -2.13. The van der Waals surface area contributed by atoms with Gasteiger partial charge in [0.2, 0.25) is 0 Å². The third-order valence-electron chi connectivity index (χ3n) is 1.87. The zero-order chi connectivity index (χ0) is 14.6. The van der Waals surface area contributed by atoms with Gasteiger partial charge in [-0.1, -0.05) is 46.9 Å². The molecular weight excluding hydrogens is 327 g/mol. The third-order valence-corrected chi connectivity index (χ3v) is 2.72. The first-order chi connectivity index (χ1) is 8.71. The number of alkyl halides is 3. The molecule has 19 heavy (non-hydrogen) atoms. The Morgan fingerprint density at radius 3 is 2.21 bits per heavy atom. The molecule has 0 atom stereocenters. The predicted molar refractivity (Wildman–Crippen MR) is 68.2 cm³/mol. The molecule has 0 unspecified atom stereocenters. The van der Waals surface area contributed by atoms with Gasteiger partial charge in [-0.3, -0.25) is 5.32 Å². The second kappa shape index (κ2) is 6.36. The summed E-state index contributed by atoms with van der Waals surface area (Å²) in [6, 6.07) is 3.48. The monoisotopic (exact) mass is 332 g/mol. The van der Waals surface area contributed by atoms with Gasteiger partial charge in [-0.05, 0) is 12.1 Å². The summed E-state index contributed by atoms with van der Waals surface area (Å²) in [7, 11) is 0. The molecule has 0 saturated heterocycles. The Kier molecular flexibility index (Phi) is 5.34. The number of benzene rings is 1. The van der Waals surface area contributed by atoms with Crippen molar-refractivity contribution in [3.05, 3.63) is 39.5 Å². The summed E-state index contributed by atoms with van der Waals surface area (Å²) in [4.78, 5) is 11.4.